The molecule has 3 aromatic heterocycles. The Labute approximate surface area is 281 Å². The van der Waals surface area contributed by atoms with Crippen LogP contribution in [0, 0.1) is 11.6 Å². The van der Waals surface area contributed by atoms with Crippen molar-refractivity contribution >= 4 is 49.7 Å². The number of carbonyl (C=O) groups is 3. The normalized spacial score (nSPS) is 14.5. The summed E-state index contributed by atoms with van der Waals surface area (Å²) in [5, 5.41) is 3.48. The minimum absolute atomic E-state index is 0.0713. The summed E-state index contributed by atoms with van der Waals surface area (Å²) in [6.07, 6.45) is -5.84. The highest BCUT2D eigenvalue weighted by atomic mass is 32.2. The van der Waals surface area contributed by atoms with Gasteiger partial charge in [-0.15, -0.1) is 0 Å². The van der Waals surface area contributed by atoms with E-state index in [1.165, 1.54) is 22.6 Å². The minimum Gasteiger partial charge on any atom is -0.382 e. The highest BCUT2D eigenvalue weighted by Gasteiger charge is 2.54. The Morgan fingerprint density at radius 1 is 0.940 bits per heavy atom. The Morgan fingerprint density at radius 2 is 1.52 bits per heavy atom. The zero-order valence-corrected chi connectivity index (χ0v) is 26.9. The van der Waals surface area contributed by atoms with Crippen LogP contribution in [0.25, 0.3) is 11.5 Å². The summed E-state index contributed by atoms with van der Waals surface area (Å²) in [5.74, 6) is -9.16. The lowest BCUT2D eigenvalue weighted by atomic mass is 10.1. The Kier molecular flexibility index (Phi) is 11.1. The average Bonchev–Trinajstić information content (AvgIpc) is 3.64. The van der Waals surface area contributed by atoms with Crippen LogP contribution in [0.1, 0.15) is 28.1 Å². The molecule has 5 rings (SSSR count). The van der Waals surface area contributed by atoms with Gasteiger partial charge in [0.1, 0.15) is 32.9 Å². The summed E-state index contributed by atoms with van der Waals surface area (Å²) >= 11 is 0.901. The monoisotopic (exact) mass is 753 g/mol. The molecular weight excluding hydrogens is 730 g/mol. The minimum atomic E-state index is -5.77. The van der Waals surface area contributed by atoms with Gasteiger partial charge in [-0.2, -0.15) is 30.6 Å². The second-order valence-electron chi connectivity index (χ2n) is 10.4. The van der Waals surface area contributed by atoms with Crippen molar-refractivity contribution in [3.05, 3.63) is 71.0 Å². The summed E-state index contributed by atoms with van der Waals surface area (Å²) in [7, 11) is -1.91. The fourth-order valence-electron chi connectivity index (χ4n) is 4.48. The SMILES string of the molecule is Cn1ccnc1-c1ccc(S(=O)(=O)N2CCC(Nc3nc(N)c(C(=O)c4c(F)cccc4F)s3)CC2)cn1.O=C(C(=O)C(F)(F)F)C(F)(F)F. The zero-order valence-electron chi connectivity index (χ0n) is 25.2. The average molecular weight is 754 g/mol. The molecule has 1 aliphatic heterocycles. The second-order valence-corrected chi connectivity index (χ2v) is 13.3. The number of halogens is 8. The number of sulfonamides is 1. The molecule has 0 radical (unpaired) electrons. The fraction of sp³-hybridized carbons (Fsp3) is 0.286. The number of nitrogens with one attached hydrogen (secondary N) is 1. The Hall–Kier alpha value is -4.83. The van der Waals surface area contributed by atoms with Gasteiger partial charge < -0.3 is 15.6 Å². The molecule has 12 nitrogen and oxygen atoms in total. The predicted molar refractivity (Wildman–Crippen MR) is 160 cm³/mol. The number of pyridine rings is 1. The molecule has 4 aromatic rings. The number of Topliss-reactive ketones (excluding diaryl/α,β-unsaturated/α-hetero) is 2. The molecule has 3 N–H and O–H groups in total. The first kappa shape index (κ1) is 38.0. The van der Waals surface area contributed by atoms with Gasteiger partial charge in [-0.1, -0.05) is 17.4 Å². The third kappa shape index (κ3) is 8.48. The highest BCUT2D eigenvalue weighted by Crippen LogP contribution is 2.31. The molecular formula is C28H23F8N7O5S2. The largest absolute Gasteiger partial charge is 0.458 e. The van der Waals surface area contributed by atoms with Crippen molar-refractivity contribution in [1.29, 1.82) is 0 Å². The van der Waals surface area contributed by atoms with Crippen molar-refractivity contribution in [1.82, 2.24) is 23.8 Å². The molecule has 0 aliphatic carbocycles. The number of piperidine rings is 1. The van der Waals surface area contributed by atoms with E-state index in [0.717, 1.165) is 23.5 Å². The van der Waals surface area contributed by atoms with E-state index in [4.69, 9.17) is 5.73 Å². The summed E-state index contributed by atoms with van der Waals surface area (Å²) in [4.78, 5) is 44.6. The third-order valence-corrected chi connectivity index (χ3v) is 9.86. The topological polar surface area (TPSA) is 170 Å². The lowest BCUT2D eigenvalue weighted by Crippen LogP contribution is -2.42. The van der Waals surface area contributed by atoms with Crippen LogP contribution in [0.15, 0.2) is 53.8 Å². The fourth-order valence-corrected chi connectivity index (χ4v) is 6.81. The van der Waals surface area contributed by atoms with Crippen LogP contribution in [-0.2, 0) is 26.7 Å². The standard InChI is InChI=1S/C24H23F2N7O3S2.C4F6O2/c1-32-12-9-28-23(32)18-6-5-15(13-29-18)38(35,36)33-10-7-14(8-11-33)30-24-31-22(27)21(37-24)20(34)19-16(25)3-2-4-17(19)26;5-3(6,7)1(11)2(12)4(8,9)10/h2-6,9,12-14H,7-8,10-11,27H2,1H3,(H,30,31);. The van der Waals surface area contributed by atoms with Gasteiger partial charge in [-0.3, -0.25) is 19.4 Å². The number of carbonyl (C=O) groups excluding carboxylic acids is 3. The van der Waals surface area contributed by atoms with Crippen LogP contribution in [0.4, 0.5) is 46.1 Å². The van der Waals surface area contributed by atoms with E-state index < -0.39 is 56.9 Å². The number of anilines is 2. The highest BCUT2D eigenvalue weighted by molar-refractivity contribution is 7.89. The summed E-state index contributed by atoms with van der Waals surface area (Å²) in [5.41, 5.74) is 5.76. The summed E-state index contributed by atoms with van der Waals surface area (Å²) < 4.78 is 125. The molecule has 1 aromatic carbocycles. The number of hydrogen-bond acceptors (Lipinski definition) is 11. The van der Waals surface area contributed by atoms with Gasteiger partial charge in [-0.25, -0.2) is 27.2 Å². The molecule has 0 bridgehead atoms. The van der Waals surface area contributed by atoms with Gasteiger partial charge in [0.15, 0.2) is 11.0 Å². The van der Waals surface area contributed by atoms with Crippen molar-refractivity contribution < 1.29 is 57.9 Å². The summed E-state index contributed by atoms with van der Waals surface area (Å²) in [6.45, 7) is 0.516. The number of aromatic nitrogens is 4. The number of nitrogens with two attached hydrogens (primary N) is 1. The van der Waals surface area contributed by atoms with Crippen LogP contribution in [0.5, 0.6) is 0 Å². The van der Waals surface area contributed by atoms with Crippen molar-refractivity contribution in [3.8, 4) is 11.5 Å². The quantitative estimate of drug-likeness (QED) is 0.148. The maximum absolute atomic E-state index is 14.1. The van der Waals surface area contributed by atoms with Crippen molar-refractivity contribution in [2.24, 2.45) is 7.05 Å². The number of aryl methyl sites for hydroxylation is 1. The number of imidazole rings is 1. The number of alkyl halides is 6. The molecule has 268 valence electrons. The number of hydrogen-bond donors (Lipinski definition) is 2. The molecule has 0 spiro atoms. The van der Waals surface area contributed by atoms with Gasteiger partial charge >= 0.3 is 23.9 Å². The van der Waals surface area contributed by atoms with Crippen molar-refractivity contribution in [2.45, 2.75) is 36.1 Å². The maximum atomic E-state index is 14.1. The molecule has 0 amide bonds. The first-order chi connectivity index (χ1) is 23.2. The Balaban J connectivity index is 0.000000402. The maximum Gasteiger partial charge on any atom is 0.458 e. The van der Waals surface area contributed by atoms with Crippen LogP contribution in [0.3, 0.4) is 0 Å². The van der Waals surface area contributed by atoms with Crippen LogP contribution < -0.4 is 11.1 Å². The van der Waals surface area contributed by atoms with Gasteiger partial charge in [-0.05, 0) is 37.1 Å². The van der Waals surface area contributed by atoms with Crippen LogP contribution >= 0.6 is 11.3 Å². The number of thiazole rings is 1. The molecule has 0 unspecified atom stereocenters. The molecule has 0 atom stereocenters. The molecule has 22 heteroatoms. The van der Waals surface area contributed by atoms with Crippen LogP contribution in [0.2, 0.25) is 0 Å². The van der Waals surface area contributed by atoms with Gasteiger partial charge in [0.2, 0.25) is 15.8 Å². The van der Waals surface area contributed by atoms with E-state index in [1.54, 1.807) is 23.0 Å². The van der Waals surface area contributed by atoms with Gasteiger partial charge in [0.05, 0.1) is 5.56 Å². The molecule has 1 aliphatic rings. The van der Waals surface area contributed by atoms with Crippen molar-refractivity contribution in [3.63, 3.8) is 0 Å². The first-order valence-corrected chi connectivity index (χ1v) is 16.2. The van der Waals surface area contributed by atoms with E-state index in [9.17, 15) is 57.9 Å². The molecule has 1 fully saturated rings. The molecule has 0 saturated carbocycles. The van der Waals surface area contributed by atoms with Crippen LogP contribution in [-0.4, -0.2) is 81.1 Å². The summed E-state index contributed by atoms with van der Waals surface area (Å²) in [6, 6.07) is 6.18. The number of ketones is 3. The third-order valence-electron chi connectivity index (χ3n) is 6.98. The van der Waals surface area contributed by atoms with E-state index in [0.29, 0.717) is 29.5 Å². The lowest BCUT2D eigenvalue weighted by molar-refractivity contribution is -0.193. The van der Waals surface area contributed by atoms with Crippen molar-refractivity contribution in [2.75, 3.05) is 24.1 Å². The molecule has 4 heterocycles. The van der Waals surface area contributed by atoms with E-state index in [-0.39, 0.29) is 34.7 Å². The first-order valence-electron chi connectivity index (χ1n) is 13.9. The number of nitrogen functional groups attached to an aromatic ring is 1. The second kappa shape index (κ2) is 14.6. The number of benzene rings is 1. The molecule has 50 heavy (non-hydrogen) atoms. The number of rotatable bonds is 8. The molecule has 1 saturated heterocycles. The Bertz CT molecular complexity index is 1960. The zero-order chi connectivity index (χ0) is 37.2. The van der Waals surface area contributed by atoms with Gasteiger partial charge in [0, 0.05) is 44.8 Å². The lowest BCUT2D eigenvalue weighted by Gasteiger charge is -2.31. The predicted octanol–water partition coefficient (Wildman–Crippen LogP) is 4.54. The smallest absolute Gasteiger partial charge is 0.382 e. The van der Waals surface area contributed by atoms with E-state index in [1.807, 2.05) is 7.05 Å². The number of nitrogens with zero attached hydrogens (tertiary/aromatic N) is 5. The van der Waals surface area contributed by atoms with E-state index >= 15 is 0 Å². The van der Waals surface area contributed by atoms with Gasteiger partial charge in [0.25, 0.3) is 0 Å². The Morgan fingerprint density at radius 3 is 2.00 bits per heavy atom. The van der Waals surface area contributed by atoms with E-state index in [2.05, 4.69) is 20.3 Å².